The molecule has 3 aromatic heterocycles. The van der Waals surface area contributed by atoms with Gasteiger partial charge in [0.1, 0.15) is 17.0 Å². The number of alkyl halides is 6. The van der Waals surface area contributed by atoms with Crippen molar-refractivity contribution in [2.45, 2.75) is 26.2 Å². The van der Waals surface area contributed by atoms with Crippen molar-refractivity contribution in [3.63, 3.8) is 0 Å². The molecule has 4 rings (SSSR count). The number of pyridine rings is 2. The van der Waals surface area contributed by atoms with E-state index >= 15 is 0 Å². The van der Waals surface area contributed by atoms with Crippen molar-refractivity contribution in [3.05, 3.63) is 59.9 Å². The molecule has 0 saturated carbocycles. The van der Waals surface area contributed by atoms with E-state index in [0.717, 1.165) is 24.8 Å². The smallest absolute Gasteiger partial charge is 0.372 e. The lowest BCUT2D eigenvalue weighted by Crippen LogP contribution is -2.21. The lowest BCUT2D eigenvalue weighted by atomic mass is 10.1. The molecule has 0 N–H and O–H groups in total. The minimum absolute atomic E-state index is 0.0453. The Morgan fingerprint density at radius 3 is 2.09 bits per heavy atom. The molecule has 0 bridgehead atoms. The molecule has 168 valence electrons. The average Bonchev–Trinajstić information content (AvgIpc) is 3.17. The highest BCUT2D eigenvalue weighted by atomic mass is 19.4. The van der Waals surface area contributed by atoms with Gasteiger partial charge in [0.05, 0.1) is 17.5 Å². The van der Waals surface area contributed by atoms with Gasteiger partial charge in [-0.15, -0.1) is 0 Å². The van der Waals surface area contributed by atoms with E-state index < -0.39 is 34.6 Å². The second-order valence-electron chi connectivity index (χ2n) is 7.18. The van der Waals surface area contributed by atoms with Crippen LogP contribution in [0.5, 0.6) is 0 Å². The number of rotatable bonds is 4. The SMILES string of the molecule is CCN(CC)c1ccc(-c2cnc3ccc4c(C(F)(F)F)cc(C(F)(F)F)nc4n23)cc1. The van der Waals surface area contributed by atoms with E-state index in [1.807, 2.05) is 26.0 Å². The topological polar surface area (TPSA) is 33.4 Å². The highest BCUT2D eigenvalue weighted by Gasteiger charge is 2.39. The first kappa shape index (κ1) is 21.9. The first-order valence-electron chi connectivity index (χ1n) is 9.85. The number of anilines is 1. The maximum absolute atomic E-state index is 13.6. The molecule has 0 aliphatic heterocycles. The third kappa shape index (κ3) is 3.74. The average molecular weight is 452 g/mol. The van der Waals surface area contributed by atoms with Crippen LogP contribution in [0.15, 0.2) is 48.7 Å². The Morgan fingerprint density at radius 1 is 0.875 bits per heavy atom. The Bertz CT molecular complexity index is 1270. The molecule has 0 unspecified atom stereocenters. The van der Waals surface area contributed by atoms with Crippen LogP contribution in [0, 0.1) is 0 Å². The highest BCUT2D eigenvalue weighted by molar-refractivity contribution is 5.85. The Morgan fingerprint density at radius 2 is 1.53 bits per heavy atom. The molecule has 0 saturated heterocycles. The number of nitrogens with zero attached hydrogens (tertiary/aromatic N) is 4. The van der Waals surface area contributed by atoms with Gasteiger partial charge < -0.3 is 4.90 Å². The molecule has 0 spiro atoms. The van der Waals surface area contributed by atoms with Gasteiger partial charge in [-0.2, -0.15) is 26.3 Å². The van der Waals surface area contributed by atoms with Crippen molar-refractivity contribution in [3.8, 4) is 11.3 Å². The molecular weight excluding hydrogens is 434 g/mol. The van der Waals surface area contributed by atoms with E-state index in [9.17, 15) is 26.3 Å². The van der Waals surface area contributed by atoms with Crippen LogP contribution in [0.2, 0.25) is 0 Å². The van der Waals surface area contributed by atoms with Gasteiger partial charge in [-0.25, -0.2) is 9.97 Å². The Balaban J connectivity index is 1.99. The summed E-state index contributed by atoms with van der Waals surface area (Å²) in [6.45, 7) is 5.60. The number of fused-ring (bicyclic) bond motifs is 3. The van der Waals surface area contributed by atoms with Crippen LogP contribution in [0.3, 0.4) is 0 Å². The van der Waals surface area contributed by atoms with E-state index in [1.54, 1.807) is 12.1 Å². The van der Waals surface area contributed by atoms with Crippen LogP contribution in [0.1, 0.15) is 25.1 Å². The molecule has 0 aliphatic carbocycles. The van der Waals surface area contributed by atoms with Crippen molar-refractivity contribution in [2.24, 2.45) is 0 Å². The van der Waals surface area contributed by atoms with E-state index in [4.69, 9.17) is 0 Å². The molecule has 0 fully saturated rings. The standard InChI is InChI=1S/C22H18F6N4/c1-3-31(4-2)14-7-5-13(6-8-14)17-12-29-19-10-9-15-16(21(23,24)25)11-18(22(26,27)28)30-20(15)32(17)19/h5-12H,3-4H2,1-2H3. The van der Waals surface area contributed by atoms with Crippen molar-refractivity contribution in [1.82, 2.24) is 14.4 Å². The molecule has 0 amide bonds. The van der Waals surface area contributed by atoms with Gasteiger partial charge in [0, 0.05) is 29.7 Å². The molecule has 0 atom stereocenters. The fourth-order valence-electron chi connectivity index (χ4n) is 3.76. The van der Waals surface area contributed by atoms with Crippen LogP contribution in [-0.4, -0.2) is 27.5 Å². The summed E-state index contributed by atoms with van der Waals surface area (Å²) in [6, 6.07) is 9.69. The van der Waals surface area contributed by atoms with Crippen molar-refractivity contribution < 1.29 is 26.3 Å². The first-order valence-corrected chi connectivity index (χ1v) is 9.85. The summed E-state index contributed by atoms with van der Waals surface area (Å²) < 4.78 is 82.1. The summed E-state index contributed by atoms with van der Waals surface area (Å²) >= 11 is 0. The van der Waals surface area contributed by atoms with Crippen LogP contribution < -0.4 is 4.90 Å². The second kappa shape index (κ2) is 7.68. The van der Waals surface area contributed by atoms with Gasteiger partial charge in [-0.1, -0.05) is 12.1 Å². The lowest BCUT2D eigenvalue weighted by molar-refractivity contribution is -0.144. The van der Waals surface area contributed by atoms with Gasteiger partial charge in [-0.3, -0.25) is 4.40 Å². The predicted molar refractivity (Wildman–Crippen MR) is 109 cm³/mol. The second-order valence-corrected chi connectivity index (χ2v) is 7.18. The number of hydrogen-bond acceptors (Lipinski definition) is 3. The molecule has 1 aromatic carbocycles. The Kier molecular flexibility index (Phi) is 5.26. The molecule has 10 heteroatoms. The molecule has 32 heavy (non-hydrogen) atoms. The highest BCUT2D eigenvalue weighted by Crippen LogP contribution is 2.39. The van der Waals surface area contributed by atoms with Gasteiger partial charge in [-0.05, 0) is 44.2 Å². The minimum atomic E-state index is -5.04. The summed E-state index contributed by atoms with van der Waals surface area (Å²) in [5, 5.41) is -0.433. The zero-order chi connectivity index (χ0) is 23.3. The van der Waals surface area contributed by atoms with Crippen molar-refractivity contribution in [2.75, 3.05) is 18.0 Å². The monoisotopic (exact) mass is 452 g/mol. The third-order valence-electron chi connectivity index (χ3n) is 5.33. The van der Waals surface area contributed by atoms with Crippen LogP contribution in [0.25, 0.3) is 27.9 Å². The van der Waals surface area contributed by atoms with Crippen LogP contribution in [-0.2, 0) is 12.4 Å². The van der Waals surface area contributed by atoms with E-state index in [0.29, 0.717) is 11.3 Å². The summed E-state index contributed by atoms with van der Waals surface area (Å²) in [5.41, 5.74) is -1.38. The number of halogens is 6. The number of benzene rings is 1. The van der Waals surface area contributed by atoms with E-state index in [1.165, 1.54) is 16.7 Å². The normalized spacial score (nSPS) is 12.6. The molecule has 4 aromatic rings. The quantitative estimate of drug-likeness (QED) is 0.335. The molecular formula is C22H18F6N4. The molecule has 3 heterocycles. The fraction of sp³-hybridized carbons (Fsp3) is 0.273. The zero-order valence-electron chi connectivity index (χ0n) is 17.1. The predicted octanol–water partition coefficient (Wildman–Crippen LogP) is 6.43. The molecule has 4 nitrogen and oxygen atoms in total. The van der Waals surface area contributed by atoms with E-state index in [-0.39, 0.29) is 11.7 Å². The first-order chi connectivity index (χ1) is 15.0. The number of hydrogen-bond donors (Lipinski definition) is 0. The van der Waals surface area contributed by atoms with Crippen LogP contribution >= 0.6 is 0 Å². The fourth-order valence-corrected chi connectivity index (χ4v) is 3.76. The summed E-state index contributed by atoms with van der Waals surface area (Å²) in [6.07, 6.45) is -8.61. The summed E-state index contributed by atoms with van der Waals surface area (Å²) in [7, 11) is 0. The molecule has 0 radical (unpaired) electrons. The van der Waals surface area contributed by atoms with Gasteiger partial charge in [0.25, 0.3) is 0 Å². The number of imidazole rings is 1. The van der Waals surface area contributed by atoms with Gasteiger partial charge in [0.2, 0.25) is 0 Å². The van der Waals surface area contributed by atoms with Gasteiger partial charge in [0.15, 0.2) is 0 Å². The maximum Gasteiger partial charge on any atom is 0.433 e. The van der Waals surface area contributed by atoms with Crippen molar-refractivity contribution >= 4 is 22.4 Å². The Hall–Kier alpha value is -3.30. The van der Waals surface area contributed by atoms with Gasteiger partial charge >= 0.3 is 12.4 Å². The molecule has 0 aliphatic rings. The Labute approximate surface area is 179 Å². The summed E-state index contributed by atoms with van der Waals surface area (Å²) in [5.74, 6) is 0. The summed E-state index contributed by atoms with van der Waals surface area (Å²) in [4.78, 5) is 9.85. The van der Waals surface area contributed by atoms with E-state index in [2.05, 4.69) is 14.9 Å². The zero-order valence-corrected chi connectivity index (χ0v) is 17.1. The van der Waals surface area contributed by atoms with Crippen molar-refractivity contribution in [1.29, 1.82) is 0 Å². The largest absolute Gasteiger partial charge is 0.433 e. The lowest BCUT2D eigenvalue weighted by Gasteiger charge is -2.21. The minimum Gasteiger partial charge on any atom is -0.372 e. The maximum atomic E-state index is 13.6. The number of aromatic nitrogens is 3. The van der Waals surface area contributed by atoms with Crippen LogP contribution in [0.4, 0.5) is 32.0 Å². The third-order valence-corrected chi connectivity index (χ3v) is 5.33.